The molecule has 0 saturated heterocycles. The fourth-order valence-corrected chi connectivity index (χ4v) is 2.22. The number of non-ortho nitro benzene ring substituents is 1. The zero-order chi connectivity index (χ0) is 17.8. The van der Waals surface area contributed by atoms with Crippen molar-refractivity contribution in [1.29, 1.82) is 0 Å². The van der Waals surface area contributed by atoms with Crippen molar-refractivity contribution in [1.82, 2.24) is 10.4 Å². The molecule has 124 valence electrons. The maximum Gasteiger partial charge on any atom is 0.271 e. The third kappa shape index (κ3) is 3.58. The van der Waals surface area contributed by atoms with Crippen LogP contribution in [-0.2, 0) is 0 Å². The first-order chi connectivity index (χ1) is 12.0. The maximum absolute atomic E-state index is 12.0. The molecule has 0 aliphatic carbocycles. The highest BCUT2D eigenvalue weighted by Gasteiger charge is 2.08. The number of hydrogen-bond donors (Lipinski definition) is 2. The minimum atomic E-state index is -0.550. The van der Waals surface area contributed by atoms with E-state index in [4.69, 9.17) is 0 Å². The number of nitrogens with zero attached hydrogens (tertiary/aromatic N) is 2. The second-order valence-electron chi connectivity index (χ2n) is 5.14. The molecule has 8 heteroatoms. The zero-order valence-corrected chi connectivity index (χ0v) is 12.8. The molecule has 25 heavy (non-hydrogen) atoms. The minimum Gasteiger partial charge on any atom is -0.321 e. The number of amides is 1. The Morgan fingerprint density at radius 3 is 2.60 bits per heavy atom. The van der Waals surface area contributed by atoms with Crippen LogP contribution >= 0.6 is 0 Å². The highest BCUT2D eigenvalue weighted by Crippen LogP contribution is 2.12. The van der Waals surface area contributed by atoms with Crippen LogP contribution in [0, 0.1) is 10.1 Å². The average Bonchev–Trinajstić information content (AvgIpc) is 2.62. The van der Waals surface area contributed by atoms with Gasteiger partial charge in [0.15, 0.2) is 0 Å². The Balaban J connectivity index is 1.74. The minimum absolute atomic E-state index is 0.109. The number of aromatic nitrogens is 1. The number of pyridine rings is 1. The van der Waals surface area contributed by atoms with Crippen LogP contribution in [0.5, 0.6) is 0 Å². The molecule has 0 spiro atoms. The van der Waals surface area contributed by atoms with E-state index in [1.54, 1.807) is 12.1 Å². The topological polar surface area (TPSA) is 117 Å². The summed E-state index contributed by atoms with van der Waals surface area (Å²) in [6, 6.07) is 14.1. The van der Waals surface area contributed by atoms with E-state index < -0.39 is 10.8 Å². The van der Waals surface area contributed by atoms with Crippen LogP contribution in [0.3, 0.4) is 0 Å². The standard InChI is InChI=1S/C17H12N4O4/c22-16-13(9-12-3-1-2-4-15(12)19-16)10-18-20-17(23)11-5-7-14(8-6-11)21(24)25/h1-10H,(H,19,22)(H,20,23)/b18-10+. The van der Waals surface area contributed by atoms with Gasteiger partial charge in [0.25, 0.3) is 17.2 Å². The van der Waals surface area contributed by atoms with Gasteiger partial charge in [-0.15, -0.1) is 0 Å². The Morgan fingerprint density at radius 1 is 1.16 bits per heavy atom. The summed E-state index contributed by atoms with van der Waals surface area (Å²) in [6.45, 7) is 0. The van der Waals surface area contributed by atoms with E-state index in [2.05, 4.69) is 15.5 Å². The van der Waals surface area contributed by atoms with Crippen LogP contribution in [0.25, 0.3) is 10.9 Å². The van der Waals surface area contributed by atoms with Crippen LogP contribution in [-0.4, -0.2) is 22.0 Å². The molecule has 1 aromatic heterocycles. The van der Waals surface area contributed by atoms with E-state index in [1.807, 2.05) is 18.2 Å². The predicted octanol–water partition coefficient (Wildman–Crippen LogP) is 2.20. The third-order valence-corrected chi connectivity index (χ3v) is 3.49. The van der Waals surface area contributed by atoms with Gasteiger partial charge in [0.05, 0.1) is 16.7 Å². The van der Waals surface area contributed by atoms with Gasteiger partial charge in [-0.3, -0.25) is 19.7 Å². The van der Waals surface area contributed by atoms with E-state index in [-0.39, 0.29) is 16.8 Å². The van der Waals surface area contributed by atoms with Crippen molar-refractivity contribution in [2.75, 3.05) is 0 Å². The molecule has 2 N–H and O–H groups in total. The summed E-state index contributed by atoms with van der Waals surface area (Å²) in [5.41, 5.74) is 3.06. The number of H-pyrrole nitrogens is 1. The van der Waals surface area contributed by atoms with Gasteiger partial charge in [-0.2, -0.15) is 5.10 Å². The maximum atomic E-state index is 12.0. The summed E-state index contributed by atoms with van der Waals surface area (Å²) in [7, 11) is 0. The van der Waals surface area contributed by atoms with E-state index in [0.717, 1.165) is 5.39 Å². The van der Waals surface area contributed by atoms with Gasteiger partial charge in [0.1, 0.15) is 0 Å². The van der Waals surface area contributed by atoms with Crippen molar-refractivity contribution < 1.29 is 9.72 Å². The third-order valence-electron chi connectivity index (χ3n) is 3.49. The first kappa shape index (κ1) is 16.1. The van der Waals surface area contributed by atoms with Crippen LogP contribution in [0.4, 0.5) is 5.69 Å². The second-order valence-corrected chi connectivity index (χ2v) is 5.14. The summed E-state index contributed by atoms with van der Waals surface area (Å²) in [5, 5.41) is 15.2. The monoisotopic (exact) mass is 336 g/mol. The highest BCUT2D eigenvalue weighted by molar-refractivity contribution is 5.95. The van der Waals surface area contributed by atoms with Crippen molar-refractivity contribution in [3.63, 3.8) is 0 Å². The first-order valence-electron chi connectivity index (χ1n) is 7.24. The highest BCUT2D eigenvalue weighted by atomic mass is 16.6. The fourth-order valence-electron chi connectivity index (χ4n) is 2.22. The largest absolute Gasteiger partial charge is 0.321 e. The van der Waals surface area contributed by atoms with Crippen molar-refractivity contribution in [3.05, 3.63) is 86.2 Å². The Bertz CT molecular complexity index is 1040. The van der Waals surface area contributed by atoms with Crippen LogP contribution in [0.1, 0.15) is 15.9 Å². The summed E-state index contributed by atoms with van der Waals surface area (Å²) in [5.74, 6) is -0.539. The molecule has 1 amide bonds. The van der Waals surface area contributed by atoms with Gasteiger partial charge in [-0.05, 0) is 29.7 Å². The molecule has 8 nitrogen and oxygen atoms in total. The van der Waals surface area contributed by atoms with Crippen molar-refractivity contribution >= 4 is 28.7 Å². The number of benzene rings is 2. The summed E-state index contributed by atoms with van der Waals surface area (Å²) >= 11 is 0. The first-order valence-corrected chi connectivity index (χ1v) is 7.24. The summed E-state index contributed by atoms with van der Waals surface area (Å²) in [4.78, 5) is 36.6. The number of carbonyl (C=O) groups is 1. The van der Waals surface area contributed by atoms with Crippen molar-refractivity contribution in [2.24, 2.45) is 5.10 Å². The lowest BCUT2D eigenvalue weighted by molar-refractivity contribution is -0.384. The van der Waals surface area contributed by atoms with E-state index in [1.165, 1.54) is 30.5 Å². The number of carbonyl (C=O) groups excluding carboxylic acids is 1. The fraction of sp³-hybridized carbons (Fsp3) is 0. The Morgan fingerprint density at radius 2 is 1.88 bits per heavy atom. The van der Waals surface area contributed by atoms with Gasteiger partial charge in [0, 0.05) is 23.2 Å². The molecule has 0 atom stereocenters. The number of nitro benzene ring substituents is 1. The number of hydrogen-bond acceptors (Lipinski definition) is 5. The molecule has 0 fully saturated rings. The summed E-state index contributed by atoms with van der Waals surface area (Å²) in [6.07, 6.45) is 1.24. The Kier molecular flexibility index (Phi) is 4.34. The Hall–Kier alpha value is -3.81. The molecule has 3 rings (SSSR count). The normalized spacial score (nSPS) is 10.9. The van der Waals surface area contributed by atoms with E-state index >= 15 is 0 Å². The van der Waals surface area contributed by atoms with Gasteiger partial charge < -0.3 is 4.98 Å². The van der Waals surface area contributed by atoms with Crippen molar-refractivity contribution in [2.45, 2.75) is 0 Å². The second kappa shape index (κ2) is 6.75. The number of aromatic amines is 1. The number of fused-ring (bicyclic) bond motifs is 1. The average molecular weight is 336 g/mol. The lowest BCUT2D eigenvalue weighted by Crippen LogP contribution is -2.19. The van der Waals surface area contributed by atoms with Gasteiger partial charge in [-0.1, -0.05) is 18.2 Å². The van der Waals surface area contributed by atoms with Crippen LogP contribution in [0.2, 0.25) is 0 Å². The molecular formula is C17H12N4O4. The van der Waals surface area contributed by atoms with Crippen LogP contribution in [0.15, 0.2) is 64.5 Å². The molecular weight excluding hydrogens is 324 g/mol. The quantitative estimate of drug-likeness (QED) is 0.431. The molecule has 0 aliphatic rings. The smallest absolute Gasteiger partial charge is 0.271 e. The molecule has 0 aliphatic heterocycles. The van der Waals surface area contributed by atoms with Crippen molar-refractivity contribution in [3.8, 4) is 0 Å². The molecule has 0 saturated carbocycles. The lowest BCUT2D eigenvalue weighted by atomic mass is 10.2. The van der Waals surface area contributed by atoms with E-state index in [0.29, 0.717) is 11.1 Å². The lowest BCUT2D eigenvalue weighted by Gasteiger charge is -2.00. The molecule has 2 aromatic carbocycles. The number of nitro groups is 1. The summed E-state index contributed by atoms with van der Waals surface area (Å²) < 4.78 is 0. The number of para-hydroxylation sites is 1. The molecule has 1 heterocycles. The molecule has 3 aromatic rings. The number of rotatable bonds is 4. The SMILES string of the molecule is O=C(N/N=C/c1cc2ccccc2[nH]c1=O)c1ccc([N+](=O)[O-])cc1. The molecule has 0 unspecified atom stereocenters. The molecule has 0 bridgehead atoms. The number of hydrazone groups is 1. The Labute approximate surface area is 141 Å². The van der Waals surface area contributed by atoms with Gasteiger partial charge in [-0.25, -0.2) is 5.43 Å². The van der Waals surface area contributed by atoms with Crippen LogP contribution < -0.4 is 11.0 Å². The zero-order valence-electron chi connectivity index (χ0n) is 12.8. The predicted molar refractivity (Wildman–Crippen MR) is 92.7 cm³/mol. The van der Waals surface area contributed by atoms with Gasteiger partial charge in [0.2, 0.25) is 0 Å². The van der Waals surface area contributed by atoms with E-state index in [9.17, 15) is 19.7 Å². The number of nitrogens with one attached hydrogen (secondary N) is 2. The van der Waals surface area contributed by atoms with Gasteiger partial charge >= 0.3 is 0 Å². The molecule has 0 radical (unpaired) electrons.